The van der Waals surface area contributed by atoms with Gasteiger partial charge in [0.15, 0.2) is 0 Å². The van der Waals surface area contributed by atoms with Crippen LogP contribution in [0.1, 0.15) is 39.5 Å². The van der Waals surface area contributed by atoms with Gasteiger partial charge >= 0.3 is 5.97 Å². The van der Waals surface area contributed by atoms with Gasteiger partial charge in [-0.05, 0) is 39.3 Å². The molecule has 1 aliphatic rings. The third kappa shape index (κ3) is 5.59. The number of esters is 1. The molecule has 0 aromatic carbocycles. The number of nitrogens with zero attached hydrogens (tertiary/aromatic N) is 1. The Balaban J connectivity index is 2.25. The van der Waals surface area contributed by atoms with Crippen molar-refractivity contribution in [2.45, 2.75) is 45.6 Å². The summed E-state index contributed by atoms with van der Waals surface area (Å²) in [6, 6.07) is 0.241. The van der Waals surface area contributed by atoms with Gasteiger partial charge in [-0.1, -0.05) is 13.3 Å². The van der Waals surface area contributed by atoms with Gasteiger partial charge in [-0.3, -0.25) is 14.5 Å². The lowest BCUT2D eigenvalue weighted by Gasteiger charge is -2.30. The van der Waals surface area contributed by atoms with E-state index in [4.69, 9.17) is 4.74 Å². The SMILES string of the molecule is CCCC(C)NC(=O)CN1CCC(C(=O)OC)CC1. The molecule has 0 aromatic heterocycles. The summed E-state index contributed by atoms with van der Waals surface area (Å²) in [5.41, 5.74) is 0. The molecule has 110 valence electrons. The van der Waals surface area contributed by atoms with Gasteiger partial charge in [-0.2, -0.15) is 0 Å². The number of carbonyl (C=O) groups excluding carboxylic acids is 2. The summed E-state index contributed by atoms with van der Waals surface area (Å²) in [6.45, 7) is 6.15. The van der Waals surface area contributed by atoms with Crippen LogP contribution in [-0.2, 0) is 14.3 Å². The molecule has 0 spiro atoms. The van der Waals surface area contributed by atoms with Crippen molar-refractivity contribution in [3.05, 3.63) is 0 Å². The van der Waals surface area contributed by atoms with Crippen LogP contribution in [0.3, 0.4) is 0 Å². The first-order chi connectivity index (χ1) is 9.06. The zero-order valence-electron chi connectivity index (χ0n) is 12.3. The summed E-state index contributed by atoms with van der Waals surface area (Å²) in [7, 11) is 1.43. The van der Waals surface area contributed by atoms with E-state index in [-0.39, 0.29) is 23.8 Å². The molecule has 5 heteroatoms. The number of hydrogen-bond donors (Lipinski definition) is 1. The second kappa shape index (κ2) is 8.15. The Morgan fingerprint density at radius 2 is 2.00 bits per heavy atom. The highest BCUT2D eigenvalue weighted by molar-refractivity contribution is 5.78. The highest BCUT2D eigenvalue weighted by Crippen LogP contribution is 2.17. The van der Waals surface area contributed by atoms with E-state index in [1.165, 1.54) is 7.11 Å². The molecular formula is C14H26N2O3. The lowest BCUT2D eigenvalue weighted by Crippen LogP contribution is -2.44. The Morgan fingerprint density at radius 1 is 1.37 bits per heavy atom. The maximum Gasteiger partial charge on any atom is 0.308 e. The largest absolute Gasteiger partial charge is 0.469 e. The minimum absolute atomic E-state index is 0.00308. The Hall–Kier alpha value is -1.10. The molecule has 1 heterocycles. The van der Waals surface area contributed by atoms with Crippen LogP contribution in [0.5, 0.6) is 0 Å². The summed E-state index contributed by atoms with van der Waals surface area (Å²) in [6.07, 6.45) is 3.65. The number of amides is 1. The van der Waals surface area contributed by atoms with Gasteiger partial charge in [0.1, 0.15) is 0 Å². The van der Waals surface area contributed by atoms with Gasteiger partial charge in [-0.15, -0.1) is 0 Å². The minimum atomic E-state index is -0.124. The van der Waals surface area contributed by atoms with Crippen molar-refractivity contribution in [2.75, 3.05) is 26.7 Å². The third-order valence-corrected chi connectivity index (χ3v) is 3.62. The second-order valence-corrected chi connectivity index (χ2v) is 5.33. The maximum atomic E-state index is 11.8. The first-order valence-electron chi connectivity index (χ1n) is 7.16. The van der Waals surface area contributed by atoms with Gasteiger partial charge in [0.05, 0.1) is 19.6 Å². The fourth-order valence-corrected chi connectivity index (χ4v) is 2.52. The van der Waals surface area contributed by atoms with E-state index >= 15 is 0 Å². The molecule has 19 heavy (non-hydrogen) atoms. The van der Waals surface area contributed by atoms with Gasteiger partial charge in [-0.25, -0.2) is 0 Å². The lowest BCUT2D eigenvalue weighted by atomic mass is 9.97. The summed E-state index contributed by atoms with van der Waals surface area (Å²) in [4.78, 5) is 25.3. The summed E-state index contributed by atoms with van der Waals surface area (Å²) in [5.74, 6) is -0.0403. The van der Waals surface area contributed by atoms with Crippen LogP contribution >= 0.6 is 0 Å². The van der Waals surface area contributed by atoms with Crippen LogP contribution in [0.4, 0.5) is 0 Å². The van der Waals surface area contributed by atoms with Crippen LogP contribution in [0.25, 0.3) is 0 Å². The smallest absolute Gasteiger partial charge is 0.308 e. The summed E-state index contributed by atoms with van der Waals surface area (Å²) < 4.78 is 4.75. The first-order valence-corrected chi connectivity index (χ1v) is 7.16. The number of hydrogen-bond acceptors (Lipinski definition) is 4. The highest BCUT2D eigenvalue weighted by Gasteiger charge is 2.26. The summed E-state index contributed by atoms with van der Waals surface area (Å²) >= 11 is 0. The van der Waals surface area contributed by atoms with Crippen molar-refractivity contribution in [1.82, 2.24) is 10.2 Å². The van der Waals surface area contributed by atoms with Crippen LogP contribution in [0.2, 0.25) is 0 Å². The van der Waals surface area contributed by atoms with Crippen LogP contribution < -0.4 is 5.32 Å². The molecule has 0 aromatic rings. The molecule has 1 N–H and O–H groups in total. The number of piperidine rings is 1. The van der Waals surface area contributed by atoms with E-state index in [1.54, 1.807) is 0 Å². The molecule has 1 fully saturated rings. The van der Waals surface area contributed by atoms with Crippen molar-refractivity contribution in [3.8, 4) is 0 Å². The van der Waals surface area contributed by atoms with E-state index in [1.807, 2.05) is 6.92 Å². The Morgan fingerprint density at radius 3 is 2.53 bits per heavy atom. The van der Waals surface area contributed by atoms with E-state index in [9.17, 15) is 9.59 Å². The highest BCUT2D eigenvalue weighted by atomic mass is 16.5. The van der Waals surface area contributed by atoms with E-state index in [2.05, 4.69) is 17.1 Å². The number of likely N-dealkylation sites (tertiary alicyclic amines) is 1. The van der Waals surface area contributed by atoms with Gasteiger partial charge in [0, 0.05) is 6.04 Å². The zero-order chi connectivity index (χ0) is 14.3. The molecular weight excluding hydrogens is 244 g/mol. The van der Waals surface area contributed by atoms with Crippen molar-refractivity contribution >= 4 is 11.9 Å². The van der Waals surface area contributed by atoms with Crippen molar-refractivity contribution < 1.29 is 14.3 Å². The lowest BCUT2D eigenvalue weighted by molar-refractivity contribution is -0.147. The summed E-state index contributed by atoms with van der Waals surface area (Å²) in [5, 5.41) is 3.00. The minimum Gasteiger partial charge on any atom is -0.469 e. The third-order valence-electron chi connectivity index (χ3n) is 3.62. The number of nitrogens with one attached hydrogen (secondary N) is 1. The molecule has 1 saturated heterocycles. The molecule has 1 rings (SSSR count). The molecule has 1 amide bonds. The van der Waals surface area contributed by atoms with Crippen LogP contribution in [0, 0.1) is 5.92 Å². The topological polar surface area (TPSA) is 58.6 Å². The Kier molecular flexibility index (Phi) is 6.84. The molecule has 5 nitrogen and oxygen atoms in total. The molecule has 1 aliphatic heterocycles. The predicted octanol–water partition coefficient (Wildman–Crippen LogP) is 1.18. The molecule has 0 saturated carbocycles. The van der Waals surface area contributed by atoms with E-state index in [0.29, 0.717) is 6.54 Å². The molecule has 1 unspecified atom stereocenters. The standard InChI is InChI=1S/C14H26N2O3/c1-4-5-11(2)15-13(17)10-16-8-6-12(7-9-16)14(18)19-3/h11-12H,4-10H2,1-3H3,(H,15,17). The predicted molar refractivity (Wildman–Crippen MR) is 73.7 cm³/mol. The average Bonchev–Trinajstić information content (AvgIpc) is 2.38. The van der Waals surface area contributed by atoms with Crippen LogP contribution in [0.15, 0.2) is 0 Å². The number of ether oxygens (including phenoxy) is 1. The Labute approximate surface area is 115 Å². The first kappa shape index (κ1) is 16.0. The maximum absolute atomic E-state index is 11.8. The molecule has 0 bridgehead atoms. The number of carbonyl (C=O) groups is 2. The fraction of sp³-hybridized carbons (Fsp3) is 0.857. The molecule has 1 atom stereocenters. The van der Waals surface area contributed by atoms with Gasteiger partial charge < -0.3 is 10.1 Å². The quantitative estimate of drug-likeness (QED) is 0.736. The van der Waals surface area contributed by atoms with Crippen molar-refractivity contribution in [1.29, 1.82) is 0 Å². The van der Waals surface area contributed by atoms with Crippen molar-refractivity contribution in [2.24, 2.45) is 5.92 Å². The number of rotatable bonds is 6. The van der Waals surface area contributed by atoms with Crippen LogP contribution in [-0.4, -0.2) is 49.6 Å². The molecule has 0 aliphatic carbocycles. The van der Waals surface area contributed by atoms with Gasteiger partial charge in [0.2, 0.25) is 5.91 Å². The van der Waals surface area contributed by atoms with E-state index in [0.717, 1.165) is 38.8 Å². The number of methoxy groups -OCH3 is 1. The monoisotopic (exact) mass is 270 g/mol. The second-order valence-electron chi connectivity index (χ2n) is 5.33. The zero-order valence-corrected chi connectivity index (χ0v) is 12.3. The Bertz CT molecular complexity index is 299. The normalized spacial score (nSPS) is 18.9. The molecule has 0 radical (unpaired) electrons. The average molecular weight is 270 g/mol. The fourth-order valence-electron chi connectivity index (χ4n) is 2.52. The van der Waals surface area contributed by atoms with Crippen molar-refractivity contribution in [3.63, 3.8) is 0 Å². The van der Waals surface area contributed by atoms with E-state index < -0.39 is 0 Å². The van der Waals surface area contributed by atoms with Gasteiger partial charge in [0.25, 0.3) is 0 Å².